The van der Waals surface area contributed by atoms with Crippen LogP contribution >= 0.6 is 0 Å². The van der Waals surface area contributed by atoms with Gasteiger partial charge in [0.25, 0.3) is 0 Å². The Morgan fingerprint density at radius 2 is 1.69 bits per heavy atom. The average Bonchev–Trinajstić information content (AvgIpc) is 3.44. The molecule has 3 aromatic carbocycles. The van der Waals surface area contributed by atoms with E-state index in [0.29, 0.717) is 34.8 Å². The van der Waals surface area contributed by atoms with Crippen molar-refractivity contribution in [3.05, 3.63) is 102 Å². The zero-order chi connectivity index (χ0) is 24.0. The number of carbonyl (C=O) groups is 1. The summed E-state index contributed by atoms with van der Waals surface area (Å²) in [6, 6.07) is 25.1. The number of hydrogen-bond acceptors (Lipinski definition) is 6. The van der Waals surface area contributed by atoms with Crippen LogP contribution in [0.15, 0.2) is 89.7 Å². The first kappa shape index (κ1) is 21.1. The number of ether oxygens (including phenoxy) is 2. The van der Waals surface area contributed by atoms with E-state index in [1.54, 1.807) is 13.8 Å². The van der Waals surface area contributed by atoms with Crippen LogP contribution in [0.2, 0.25) is 0 Å². The molecule has 1 aliphatic rings. The number of pyridine rings is 1. The van der Waals surface area contributed by atoms with Gasteiger partial charge in [0, 0.05) is 10.9 Å². The van der Waals surface area contributed by atoms with Gasteiger partial charge in [-0.15, -0.1) is 0 Å². The Morgan fingerprint density at radius 3 is 2.54 bits per heavy atom. The Balaban J connectivity index is 1.28. The predicted molar refractivity (Wildman–Crippen MR) is 134 cm³/mol. The molecule has 0 saturated heterocycles. The number of ketones is 1. The molecular formula is C29H22N2O4. The monoisotopic (exact) mass is 462 g/mol. The van der Waals surface area contributed by atoms with E-state index in [1.807, 2.05) is 78.9 Å². The molecule has 0 aliphatic carbocycles. The number of para-hydroxylation sites is 1. The van der Waals surface area contributed by atoms with Crippen LogP contribution in [-0.4, -0.2) is 21.4 Å². The van der Waals surface area contributed by atoms with Crippen LogP contribution in [0.3, 0.4) is 0 Å². The van der Waals surface area contributed by atoms with Crippen LogP contribution in [0.4, 0.5) is 0 Å². The molecule has 6 rings (SSSR count). The van der Waals surface area contributed by atoms with Crippen molar-refractivity contribution in [1.82, 2.24) is 9.97 Å². The smallest absolute Gasteiger partial charge is 0.210 e. The fourth-order valence-corrected chi connectivity index (χ4v) is 4.28. The van der Waals surface area contributed by atoms with Gasteiger partial charge in [-0.25, -0.2) is 9.97 Å². The highest BCUT2D eigenvalue weighted by Crippen LogP contribution is 2.42. The van der Waals surface area contributed by atoms with Gasteiger partial charge in [-0.3, -0.25) is 4.79 Å². The summed E-state index contributed by atoms with van der Waals surface area (Å²) in [6.45, 7) is 3.92. The molecule has 35 heavy (non-hydrogen) atoms. The molecule has 6 nitrogen and oxygen atoms in total. The maximum absolute atomic E-state index is 13.3. The topological polar surface area (TPSA) is 74.5 Å². The first-order valence-corrected chi connectivity index (χ1v) is 11.4. The lowest BCUT2D eigenvalue weighted by Gasteiger charge is -2.17. The van der Waals surface area contributed by atoms with Crippen LogP contribution in [-0.2, 0) is 16.1 Å². The molecule has 3 heterocycles. The van der Waals surface area contributed by atoms with Crippen molar-refractivity contribution in [3.8, 4) is 5.75 Å². The lowest BCUT2D eigenvalue weighted by atomic mass is 9.92. The van der Waals surface area contributed by atoms with Crippen LogP contribution < -0.4 is 4.74 Å². The van der Waals surface area contributed by atoms with Gasteiger partial charge in [-0.05, 0) is 61.9 Å². The summed E-state index contributed by atoms with van der Waals surface area (Å²) >= 11 is 0. The van der Waals surface area contributed by atoms with E-state index in [2.05, 4.69) is 9.97 Å². The van der Waals surface area contributed by atoms with Crippen molar-refractivity contribution in [2.24, 2.45) is 0 Å². The number of carbonyl (C=O) groups excluding carboxylic acids is 1. The van der Waals surface area contributed by atoms with Crippen LogP contribution in [0.5, 0.6) is 5.75 Å². The van der Waals surface area contributed by atoms with Crippen molar-refractivity contribution >= 4 is 39.1 Å². The normalized spacial score (nSPS) is 15.1. The average molecular weight is 463 g/mol. The molecular weight excluding hydrogens is 440 g/mol. The zero-order valence-corrected chi connectivity index (χ0v) is 19.3. The van der Waals surface area contributed by atoms with Gasteiger partial charge in [0.1, 0.15) is 23.6 Å². The number of oxazole rings is 1. The van der Waals surface area contributed by atoms with Crippen LogP contribution in [0.25, 0.3) is 33.3 Å². The number of aromatic nitrogens is 2. The molecule has 5 aromatic rings. The molecule has 0 N–H and O–H groups in total. The van der Waals surface area contributed by atoms with Gasteiger partial charge in [0.15, 0.2) is 17.6 Å². The second-order valence-electron chi connectivity index (χ2n) is 8.99. The minimum Gasteiger partial charge on any atom is -0.487 e. The standard InChI is InChI=1S/C29H22N2O4/c1-29(2)28(32)26(27(35-29)20-10-14-25-24(15-20)30-17-34-25)19-8-12-22(13-9-19)33-16-21-11-7-18-5-3-4-6-23(18)31-21/h3-15,17H,16H2,1-2H3. The van der Waals surface area contributed by atoms with Crippen molar-refractivity contribution in [2.45, 2.75) is 26.1 Å². The number of hydrogen-bond donors (Lipinski definition) is 0. The first-order valence-electron chi connectivity index (χ1n) is 11.4. The highest BCUT2D eigenvalue weighted by Gasteiger charge is 2.42. The molecule has 0 saturated carbocycles. The molecule has 6 heteroatoms. The fourth-order valence-electron chi connectivity index (χ4n) is 4.28. The number of benzene rings is 3. The Hall–Kier alpha value is -4.45. The minimum atomic E-state index is -0.958. The van der Waals surface area contributed by atoms with Gasteiger partial charge in [0.2, 0.25) is 5.78 Å². The van der Waals surface area contributed by atoms with Gasteiger partial charge in [-0.1, -0.05) is 36.4 Å². The lowest BCUT2D eigenvalue weighted by Crippen LogP contribution is -2.29. The summed E-state index contributed by atoms with van der Waals surface area (Å²) < 4.78 is 17.5. The Morgan fingerprint density at radius 1 is 0.886 bits per heavy atom. The second kappa shape index (κ2) is 8.09. The van der Waals surface area contributed by atoms with Crippen LogP contribution in [0, 0.1) is 0 Å². The molecule has 0 spiro atoms. The highest BCUT2D eigenvalue weighted by molar-refractivity contribution is 6.32. The number of rotatable bonds is 5. The third-order valence-electron chi connectivity index (χ3n) is 6.14. The molecule has 0 amide bonds. The van der Waals surface area contributed by atoms with Gasteiger partial charge in [-0.2, -0.15) is 0 Å². The number of nitrogens with zero attached hydrogens (tertiary/aromatic N) is 2. The zero-order valence-electron chi connectivity index (χ0n) is 19.3. The van der Waals surface area contributed by atoms with E-state index in [4.69, 9.17) is 13.9 Å². The van der Waals surface area contributed by atoms with Crippen molar-refractivity contribution in [2.75, 3.05) is 0 Å². The maximum atomic E-state index is 13.3. The minimum absolute atomic E-state index is 0.0678. The second-order valence-corrected chi connectivity index (χ2v) is 8.99. The molecule has 172 valence electrons. The summed E-state index contributed by atoms with van der Waals surface area (Å²) in [5, 5.41) is 1.10. The summed E-state index contributed by atoms with van der Waals surface area (Å²) in [5.41, 5.74) is 4.32. The van der Waals surface area contributed by atoms with Gasteiger partial charge in [0.05, 0.1) is 16.8 Å². The molecule has 0 atom stereocenters. The summed E-state index contributed by atoms with van der Waals surface area (Å²) in [4.78, 5) is 22.1. The Kier molecular flexibility index (Phi) is 4.88. The van der Waals surface area contributed by atoms with E-state index >= 15 is 0 Å². The Labute approximate surface area is 201 Å². The fraction of sp³-hybridized carbons (Fsp3) is 0.138. The molecule has 0 bridgehead atoms. The third kappa shape index (κ3) is 3.83. The SMILES string of the molecule is CC1(C)OC(c2ccc3ocnc3c2)=C(c2ccc(OCc3ccc4ccccc4n3)cc2)C1=O. The van der Waals surface area contributed by atoms with Gasteiger partial charge < -0.3 is 13.9 Å². The highest BCUT2D eigenvalue weighted by atomic mass is 16.5. The van der Waals surface area contributed by atoms with Crippen LogP contribution in [0.1, 0.15) is 30.7 Å². The van der Waals surface area contributed by atoms with E-state index in [-0.39, 0.29) is 5.78 Å². The van der Waals surface area contributed by atoms with E-state index in [9.17, 15) is 4.79 Å². The lowest BCUT2D eigenvalue weighted by molar-refractivity contribution is -0.125. The maximum Gasteiger partial charge on any atom is 0.210 e. The summed E-state index contributed by atoms with van der Waals surface area (Å²) in [6.07, 6.45) is 1.40. The molecule has 2 aromatic heterocycles. The van der Waals surface area contributed by atoms with Gasteiger partial charge >= 0.3 is 0 Å². The van der Waals surface area contributed by atoms with E-state index in [0.717, 1.165) is 27.7 Å². The largest absolute Gasteiger partial charge is 0.487 e. The molecule has 1 aliphatic heterocycles. The quantitative estimate of drug-likeness (QED) is 0.310. The summed E-state index contributed by atoms with van der Waals surface area (Å²) in [5.74, 6) is 1.17. The third-order valence-corrected chi connectivity index (χ3v) is 6.14. The Bertz CT molecular complexity index is 1610. The van der Waals surface area contributed by atoms with Crippen molar-refractivity contribution in [3.63, 3.8) is 0 Å². The molecule has 0 unspecified atom stereocenters. The molecule has 0 radical (unpaired) electrons. The predicted octanol–water partition coefficient (Wildman–Crippen LogP) is 6.20. The van der Waals surface area contributed by atoms with Crippen molar-refractivity contribution < 1.29 is 18.7 Å². The van der Waals surface area contributed by atoms with E-state index in [1.165, 1.54) is 6.39 Å². The number of Topliss-reactive ketones (excluding diaryl/α,β-unsaturated/α-hetero) is 1. The molecule has 0 fully saturated rings. The first-order chi connectivity index (χ1) is 17.0. The number of fused-ring (bicyclic) bond motifs is 2. The summed E-state index contributed by atoms with van der Waals surface area (Å²) in [7, 11) is 0. The van der Waals surface area contributed by atoms with Crippen molar-refractivity contribution in [1.29, 1.82) is 0 Å². The van der Waals surface area contributed by atoms with E-state index < -0.39 is 5.60 Å².